The monoisotopic (exact) mass is 333 g/mol. The number of benzene rings is 1. The van der Waals surface area contributed by atoms with Gasteiger partial charge in [0, 0.05) is 12.1 Å². The summed E-state index contributed by atoms with van der Waals surface area (Å²) in [6, 6.07) is 11.1. The van der Waals surface area contributed by atoms with Crippen molar-refractivity contribution in [3.05, 3.63) is 54.4 Å². The van der Waals surface area contributed by atoms with E-state index in [1.807, 2.05) is 48.8 Å². The number of halogens is 1. The first kappa shape index (κ1) is 16.8. The highest BCUT2D eigenvalue weighted by Crippen LogP contribution is 2.30. The number of fused-ring (bicyclic) bond motifs is 1. The fourth-order valence-electron chi connectivity index (χ4n) is 2.06. The van der Waals surface area contributed by atoms with Gasteiger partial charge in [-0.05, 0) is 23.8 Å². The number of rotatable bonds is 4. The first-order chi connectivity index (χ1) is 10.8. The van der Waals surface area contributed by atoms with Crippen molar-refractivity contribution < 1.29 is 31.2 Å². The van der Waals surface area contributed by atoms with Gasteiger partial charge in [-0.3, -0.25) is 4.79 Å². The smallest absolute Gasteiger partial charge is 0.305 e. The molecule has 0 aliphatic carbocycles. The van der Waals surface area contributed by atoms with Gasteiger partial charge in [0.15, 0.2) is 23.9 Å². The molecule has 1 aromatic heterocycles. The lowest BCUT2D eigenvalue weighted by Crippen LogP contribution is -3.00. The zero-order valence-corrected chi connectivity index (χ0v) is 13.1. The Morgan fingerprint density at radius 1 is 1.17 bits per heavy atom. The number of hydrogen-bond donors (Lipinski definition) is 1. The highest BCUT2D eigenvalue weighted by molar-refractivity contribution is 5.83. The molecule has 1 aliphatic rings. The quantitative estimate of drug-likeness (QED) is 0.396. The van der Waals surface area contributed by atoms with Crippen molar-refractivity contribution in [3.8, 4) is 11.5 Å². The molecule has 7 heteroatoms. The molecule has 2 aromatic rings. The summed E-state index contributed by atoms with van der Waals surface area (Å²) in [6.07, 6.45) is 5.22. The molecule has 0 spiro atoms. The Hall–Kier alpha value is -2.60. The van der Waals surface area contributed by atoms with Gasteiger partial charge in [0.05, 0.1) is 6.21 Å². The molecular formula is C16H16ClN3O3. The molecule has 0 unspecified atom stereocenters. The summed E-state index contributed by atoms with van der Waals surface area (Å²) in [6.45, 7) is 1.32. The van der Waals surface area contributed by atoms with Gasteiger partial charge >= 0.3 is 5.91 Å². The lowest BCUT2D eigenvalue weighted by Gasteiger charge is -2.18. The van der Waals surface area contributed by atoms with E-state index in [0.717, 1.165) is 11.3 Å². The number of amides is 1. The Bertz CT molecular complexity index is 692. The number of aromatic nitrogens is 1. The van der Waals surface area contributed by atoms with E-state index in [9.17, 15) is 4.79 Å². The Balaban J connectivity index is 0.00000192. The van der Waals surface area contributed by atoms with Crippen molar-refractivity contribution in [1.82, 2.24) is 5.43 Å². The standard InChI is InChI=1S/C16H15N3O3.ClH/c20-16(12-19-6-2-1-3-7-19)18-17-11-13-4-5-14-15(10-13)22-9-8-21-14;/h1-7,10-11H,8-9,12H2;1H/b17-11+;. The van der Waals surface area contributed by atoms with Crippen molar-refractivity contribution in [2.45, 2.75) is 6.54 Å². The molecule has 0 atom stereocenters. The van der Waals surface area contributed by atoms with E-state index in [1.54, 1.807) is 10.8 Å². The molecule has 2 heterocycles. The minimum atomic E-state index is -0.190. The van der Waals surface area contributed by atoms with Gasteiger partial charge in [-0.15, -0.1) is 0 Å². The first-order valence-corrected chi connectivity index (χ1v) is 6.97. The molecule has 1 aromatic carbocycles. The van der Waals surface area contributed by atoms with Crippen LogP contribution in [0.25, 0.3) is 0 Å². The van der Waals surface area contributed by atoms with Crippen LogP contribution in [0.5, 0.6) is 11.5 Å². The number of hydrogen-bond acceptors (Lipinski definition) is 4. The van der Waals surface area contributed by atoms with Crippen LogP contribution in [-0.2, 0) is 11.3 Å². The Labute approximate surface area is 140 Å². The van der Waals surface area contributed by atoms with Crippen LogP contribution in [0.4, 0.5) is 0 Å². The molecular weight excluding hydrogens is 318 g/mol. The molecule has 1 N–H and O–H groups in total. The molecule has 1 amide bonds. The maximum atomic E-state index is 11.7. The van der Waals surface area contributed by atoms with Gasteiger partial charge in [-0.2, -0.15) is 9.67 Å². The van der Waals surface area contributed by atoms with Gasteiger partial charge in [0.1, 0.15) is 13.2 Å². The second-order valence-electron chi connectivity index (χ2n) is 4.74. The lowest BCUT2D eigenvalue weighted by molar-refractivity contribution is -0.684. The maximum absolute atomic E-state index is 11.7. The summed E-state index contributed by atoms with van der Waals surface area (Å²) in [5.74, 6) is 1.24. The number of nitrogens with zero attached hydrogens (tertiary/aromatic N) is 2. The van der Waals surface area contributed by atoms with E-state index in [4.69, 9.17) is 9.47 Å². The number of carbonyl (C=O) groups is 1. The number of carbonyl (C=O) groups excluding carboxylic acids is 1. The van der Waals surface area contributed by atoms with Crippen molar-refractivity contribution in [1.29, 1.82) is 0 Å². The SMILES string of the molecule is O=C(C[n+]1ccccc1)N/N=C/c1ccc2c(c1)OCCO2.[Cl-]. The molecule has 0 saturated carbocycles. The van der Waals surface area contributed by atoms with Gasteiger partial charge in [0.25, 0.3) is 0 Å². The molecule has 120 valence electrons. The normalized spacial score (nSPS) is 12.5. The highest BCUT2D eigenvalue weighted by atomic mass is 35.5. The van der Waals surface area contributed by atoms with Crippen molar-refractivity contribution >= 4 is 12.1 Å². The molecule has 6 nitrogen and oxygen atoms in total. The second-order valence-corrected chi connectivity index (χ2v) is 4.74. The van der Waals surface area contributed by atoms with Crippen LogP contribution in [0, 0.1) is 0 Å². The van der Waals surface area contributed by atoms with Crippen molar-refractivity contribution in [3.63, 3.8) is 0 Å². The Morgan fingerprint density at radius 3 is 2.70 bits per heavy atom. The maximum Gasteiger partial charge on any atom is 0.305 e. The van der Waals surface area contributed by atoms with E-state index in [0.29, 0.717) is 19.0 Å². The second kappa shape index (κ2) is 8.14. The van der Waals surface area contributed by atoms with E-state index >= 15 is 0 Å². The average Bonchev–Trinajstić information content (AvgIpc) is 2.55. The minimum absolute atomic E-state index is 0. The summed E-state index contributed by atoms with van der Waals surface area (Å²) in [5, 5.41) is 3.95. The lowest BCUT2D eigenvalue weighted by atomic mass is 10.2. The molecule has 1 aliphatic heterocycles. The van der Waals surface area contributed by atoms with E-state index in [-0.39, 0.29) is 24.9 Å². The third kappa shape index (κ3) is 4.69. The predicted octanol–water partition coefficient (Wildman–Crippen LogP) is -2.10. The van der Waals surface area contributed by atoms with Crippen LogP contribution in [0.15, 0.2) is 53.9 Å². The summed E-state index contributed by atoms with van der Waals surface area (Å²) >= 11 is 0. The predicted molar refractivity (Wildman–Crippen MR) is 79.8 cm³/mol. The number of ether oxygens (including phenoxy) is 2. The first-order valence-electron chi connectivity index (χ1n) is 6.97. The largest absolute Gasteiger partial charge is 1.00 e. The van der Waals surface area contributed by atoms with E-state index in [2.05, 4.69) is 10.5 Å². The summed E-state index contributed by atoms with van der Waals surface area (Å²) in [5.41, 5.74) is 3.33. The fourth-order valence-corrected chi connectivity index (χ4v) is 2.06. The number of pyridine rings is 1. The minimum Gasteiger partial charge on any atom is -1.00 e. The highest BCUT2D eigenvalue weighted by Gasteiger charge is 2.11. The zero-order chi connectivity index (χ0) is 15.2. The Kier molecular flexibility index (Phi) is 5.94. The van der Waals surface area contributed by atoms with Crippen LogP contribution >= 0.6 is 0 Å². The molecule has 0 saturated heterocycles. The summed E-state index contributed by atoms with van der Waals surface area (Å²) in [7, 11) is 0. The van der Waals surface area contributed by atoms with E-state index in [1.165, 1.54) is 0 Å². The molecule has 3 rings (SSSR count). The molecule has 0 bridgehead atoms. The van der Waals surface area contributed by atoms with Crippen LogP contribution in [0.1, 0.15) is 5.56 Å². The third-order valence-electron chi connectivity index (χ3n) is 3.07. The average molecular weight is 334 g/mol. The van der Waals surface area contributed by atoms with Gasteiger partial charge in [-0.1, -0.05) is 6.07 Å². The number of nitrogens with one attached hydrogen (secondary N) is 1. The van der Waals surface area contributed by atoms with Gasteiger partial charge in [-0.25, -0.2) is 5.43 Å². The van der Waals surface area contributed by atoms with Crippen molar-refractivity contribution in [2.24, 2.45) is 5.10 Å². The topological polar surface area (TPSA) is 63.8 Å². The van der Waals surface area contributed by atoms with Crippen LogP contribution in [0.2, 0.25) is 0 Å². The van der Waals surface area contributed by atoms with Gasteiger partial charge < -0.3 is 21.9 Å². The third-order valence-corrected chi connectivity index (χ3v) is 3.07. The van der Waals surface area contributed by atoms with Crippen LogP contribution in [-0.4, -0.2) is 25.3 Å². The molecule has 0 fully saturated rings. The fraction of sp³-hybridized carbons (Fsp3) is 0.188. The molecule has 0 radical (unpaired) electrons. The number of hydrazone groups is 1. The van der Waals surface area contributed by atoms with E-state index < -0.39 is 0 Å². The Morgan fingerprint density at radius 2 is 1.91 bits per heavy atom. The van der Waals surface area contributed by atoms with Gasteiger partial charge in [0.2, 0.25) is 6.54 Å². The summed E-state index contributed by atoms with van der Waals surface area (Å²) in [4.78, 5) is 11.7. The molecule has 23 heavy (non-hydrogen) atoms. The zero-order valence-electron chi connectivity index (χ0n) is 12.3. The summed E-state index contributed by atoms with van der Waals surface area (Å²) < 4.78 is 12.7. The van der Waals surface area contributed by atoms with Crippen LogP contribution in [0.3, 0.4) is 0 Å². The van der Waals surface area contributed by atoms with Crippen molar-refractivity contribution in [2.75, 3.05) is 13.2 Å². The van der Waals surface area contributed by atoms with Crippen LogP contribution < -0.4 is 31.9 Å².